The molecule has 2 fully saturated rings. The van der Waals surface area contributed by atoms with Crippen molar-refractivity contribution >= 4 is 6.08 Å². The summed E-state index contributed by atoms with van der Waals surface area (Å²) >= 11 is 0. The Labute approximate surface area is 131 Å². The van der Waals surface area contributed by atoms with E-state index in [-0.39, 0.29) is 12.0 Å². The number of aliphatic hydroxyl groups excluding tert-OH is 1. The third kappa shape index (κ3) is 1.45. The Morgan fingerprint density at radius 3 is 3.09 bits per heavy atom. The Balaban J connectivity index is 1.62. The van der Waals surface area contributed by atoms with Gasteiger partial charge in [0.25, 0.3) is 0 Å². The third-order valence-corrected chi connectivity index (χ3v) is 7.40. The van der Waals surface area contributed by atoms with Gasteiger partial charge < -0.3 is 9.52 Å². The Kier molecular flexibility index (Phi) is 2.50. The van der Waals surface area contributed by atoms with Crippen molar-refractivity contribution in [3.63, 3.8) is 0 Å². The van der Waals surface area contributed by atoms with Gasteiger partial charge in [-0.1, -0.05) is 19.1 Å². The van der Waals surface area contributed by atoms with Gasteiger partial charge in [0, 0.05) is 5.56 Å². The standard InChI is InChI=1S/C20H24O2/c1-19-7-5-17-15(6-9-22-17)16(19)4-8-20-10-13(2-3-18(19)20)14(11-20)12-21/h5-7,9,11,13,16,18,21H,2-4,8,10,12H2,1H3/t13-,16-,18+,19-,20+/m1/s1. The lowest BCUT2D eigenvalue weighted by Gasteiger charge is -2.57. The fourth-order valence-electron chi connectivity index (χ4n) is 6.47. The smallest absolute Gasteiger partial charge is 0.129 e. The molecule has 116 valence electrons. The van der Waals surface area contributed by atoms with Crippen LogP contribution in [0.15, 0.2) is 34.5 Å². The number of hydrogen-bond acceptors (Lipinski definition) is 2. The Bertz CT molecular complexity index is 682. The van der Waals surface area contributed by atoms with Gasteiger partial charge in [0.15, 0.2) is 0 Å². The van der Waals surface area contributed by atoms with Crippen LogP contribution in [-0.2, 0) is 0 Å². The van der Waals surface area contributed by atoms with Gasteiger partial charge in [-0.25, -0.2) is 0 Å². The number of aliphatic hydroxyl groups is 1. The van der Waals surface area contributed by atoms with Crippen molar-refractivity contribution in [1.82, 2.24) is 0 Å². The van der Waals surface area contributed by atoms with Gasteiger partial charge in [0.05, 0.1) is 12.9 Å². The van der Waals surface area contributed by atoms with Gasteiger partial charge in [0.1, 0.15) is 5.76 Å². The zero-order valence-corrected chi connectivity index (χ0v) is 13.2. The van der Waals surface area contributed by atoms with Crippen molar-refractivity contribution < 1.29 is 9.52 Å². The van der Waals surface area contributed by atoms with Gasteiger partial charge in [0.2, 0.25) is 0 Å². The summed E-state index contributed by atoms with van der Waals surface area (Å²) < 4.78 is 5.65. The molecule has 2 heteroatoms. The van der Waals surface area contributed by atoms with E-state index in [0.717, 1.165) is 5.76 Å². The fraction of sp³-hybridized carbons (Fsp3) is 0.600. The van der Waals surface area contributed by atoms with Crippen LogP contribution >= 0.6 is 0 Å². The molecule has 2 bridgehead atoms. The van der Waals surface area contributed by atoms with Crippen molar-refractivity contribution in [2.45, 2.75) is 44.9 Å². The van der Waals surface area contributed by atoms with E-state index in [1.165, 1.54) is 43.2 Å². The van der Waals surface area contributed by atoms with Crippen molar-refractivity contribution in [3.05, 3.63) is 41.4 Å². The molecule has 0 aliphatic heterocycles. The average molecular weight is 296 g/mol. The molecule has 5 atom stereocenters. The SMILES string of the molecule is C[C@@]12C=Cc3occc3[C@H]1CC[C@]13C=C(CO)[C@H](CC[C@H]12)C3. The van der Waals surface area contributed by atoms with Crippen LogP contribution < -0.4 is 0 Å². The molecule has 0 unspecified atom stereocenters. The van der Waals surface area contributed by atoms with Gasteiger partial charge >= 0.3 is 0 Å². The summed E-state index contributed by atoms with van der Waals surface area (Å²) in [5.74, 6) is 3.03. The topological polar surface area (TPSA) is 33.4 Å². The molecular formula is C20H24O2. The van der Waals surface area contributed by atoms with Gasteiger partial charge in [-0.15, -0.1) is 0 Å². The molecule has 1 aromatic rings. The second kappa shape index (κ2) is 4.17. The predicted octanol–water partition coefficient (Wildman–Crippen LogP) is 4.53. The normalized spacial score (nSPS) is 45.0. The van der Waals surface area contributed by atoms with E-state index in [9.17, 15) is 5.11 Å². The molecule has 1 spiro atoms. The quantitative estimate of drug-likeness (QED) is 0.773. The van der Waals surface area contributed by atoms with Crippen molar-refractivity contribution in [2.75, 3.05) is 6.61 Å². The first-order valence-corrected chi connectivity index (χ1v) is 8.75. The first kappa shape index (κ1) is 13.2. The summed E-state index contributed by atoms with van der Waals surface area (Å²) in [6.07, 6.45) is 15.4. The summed E-state index contributed by atoms with van der Waals surface area (Å²) in [7, 11) is 0. The number of fused-ring (bicyclic) bond motifs is 5. The fourth-order valence-corrected chi connectivity index (χ4v) is 6.47. The number of allylic oxidation sites excluding steroid dienone is 2. The summed E-state index contributed by atoms with van der Waals surface area (Å²) in [6.45, 7) is 2.74. The van der Waals surface area contributed by atoms with Crippen molar-refractivity contribution in [2.24, 2.45) is 22.7 Å². The average Bonchev–Trinajstić information content (AvgIpc) is 3.09. The molecule has 4 aliphatic carbocycles. The molecular weight excluding hydrogens is 272 g/mol. The third-order valence-electron chi connectivity index (χ3n) is 7.40. The van der Waals surface area contributed by atoms with Crippen LogP contribution in [0.4, 0.5) is 0 Å². The summed E-state index contributed by atoms with van der Waals surface area (Å²) in [4.78, 5) is 0. The minimum absolute atomic E-state index is 0.238. The van der Waals surface area contributed by atoms with Crippen LogP contribution in [0.25, 0.3) is 6.08 Å². The second-order valence-electron chi connectivity index (χ2n) is 8.17. The lowest BCUT2D eigenvalue weighted by molar-refractivity contribution is -0.0129. The van der Waals surface area contributed by atoms with E-state index in [1.54, 1.807) is 0 Å². The van der Waals surface area contributed by atoms with Gasteiger partial charge in [-0.05, 0) is 78.4 Å². The molecule has 5 rings (SSSR count). The molecule has 0 radical (unpaired) electrons. The zero-order chi connectivity index (χ0) is 14.9. The van der Waals surface area contributed by atoms with Crippen LogP contribution in [0.1, 0.15) is 56.3 Å². The molecule has 0 aromatic carbocycles. The van der Waals surface area contributed by atoms with Crippen LogP contribution in [0.3, 0.4) is 0 Å². The highest BCUT2D eigenvalue weighted by Gasteiger charge is 2.59. The second-order valence-corrected chi connectivity index (χ2v) is 8.17. The van der Waals surface area contributed by atoms with E-state index in [4.69, 9.17) is 4.42 Å². The number of furan rings is 1. The molecule has 2 nitrogen and oxygen atoms in total. The van der Waals surface area contributed by atoms with E-state index < -0.39 is 0 Å². The summed E-state index contributed by atoms with van der Waals surface area (Å²) in [5, 5.41) is 9.70. The predicted molar refractivity (Wildman–Crippen MR) is 86.3 cm³/mol. The van der Waals surface area contributed by atoms with Crippen LogP contribution in [0, 0.1) is 22.7 Å². The Morgan fingerprint density at radius 1 is 1.32 bits per heavy atom. The lowest BCUT2D eigenvalue weighted by Crippen LogP contribution is -2.49. The minimum atomic E-state index is 0.238. The van der Waals surface area contributed by atoms with Gasteiger partial charge in [-0.2, -0.15) is 0 Å². The molecule has 1 N–H and O–H groups in total. The van der Waals surface area contributed by atoms with Crippen molar-refractivity contribution in [1.29, 1.82) is 0 Å². The highest BCUT2D eigenvalue weighted by Crippen LogP contribution is 2.68. The van der Waals surface area contributed by atoms with E-state index in [0.29, 0.717) is 23.2 Å². The van der Waals surface area contributed by atoms with Gasteiger partial charge in [-0.3, -0.25) is 0 Å². The minimum Gasteiger partial charge on any atom is -0.465 e. The Morgan fingerprint density at radius 2 is 2.23 bits per heavy atom. The number of rotatable bonds is 1. The summed E-state index contributed by atoms with van der Waals surface area (Å²) in [6, 6.07) is 2.19. The molecule has 4 aliphatic rings. The first-order valence-electron chi connectivity index (χ1n) is 8.75. The maximum Gasteiger partial charge on any atom is 0.129 e. The largest absolute Gasteiger partial charge is 0.465 e. The zero-order valence-electron chi connectivity index (χ0n) is 13.2. The number of hydrogen-bond donors (Lipinski definition) is 1. The van der Waals surface area contributed by atoms with E-state index in [2.05, 4.69) is 31.2 Å². The molecule has 2 saturated carbocycles. The van der Waals surface area contributed by atoms with E-state index in [1.807, 2.05) is 6.26 Å². The van der Waals surface area contributed by atoms with E-state index >= 15 is 0 Å². The highest BCUT2D eigenvalue weighted by atomic mass is 16.3. The summed E-state index contributed by atoms with van der Waals surface area (Å²) in [5.41, 5.74) is 3.33. The highest BCUT2D eigenvalue weighted by molar-refractivity contribution is 5.56. The maximum atomic E-state index is 9.70. The first-order chi connectivity index (χ1) is 10.7. The van der Waals surface area contributed by atoms with Crippen LogP contribution in [0.2, 0.25) is 0 Å². The molecule has 22 heavy (non-hydrogen) atoms. The van der Waals surface area contributed by atoms with Crippen molar-refractivity contribution in [3.8, 4) is 0 Å². The molecule has 1 aromatic heterocycles. The van der Waals surface area contributed by atoms with Crippen LogP contribution in [0.5, 0.6) is 0 Å². The maximum absolute atomic E-state index is 9.70. The molecule has 0 amide bonds. The molecule has 1 heterocycles. The monoisotopic (exact) mass is 296 g/mol. The lowest BCUT2D eigenvalue weighted by atomic mass is 9.46. The molecule has 0 saturated heterocycles. The Hall–Kier alpha value is -1.28. The van der Waals surface area contributed by atoms with Crippen LogP contribution in [-0.4, -0.2) is 11.7 Å².